The lowest BCUT2D eigenvalue weighted by Gasteiger charge is -2.21. The topological polar surface area (TPSA) is 55.1 Å². The summed E-state index contributed by atoms with van der Waals surface area (Å²) in [5.74, 6) is -0.0873. The van der Waals surface area contributed by atoms with Gasteiger partial charge in [0.1, 0.15) is 22.8 Å². The van der Waals surface area contributed by atoms with E-state index in [1.807, 2.05) is 0 Å². The monoisotopic (exact) mass is 330 g/mol. The third kappa shape index (κ3) is 3.83. The van der Waals surface area contributed by atoms with Gasteiger partial charge < -0.3 is 9.84 Å². The number of nitrogens with zero attached hydrogens (tertiary/aromatic N) is 1. The summed E-state index contributed by atoms with van der Waals surface area (Å²) in [7, 11) is 0. The number of hydrogen-bond acceptors (Lipinski definition) is 3. The van der Waals surface area contributed by atoms with Crippen LogP contribution < -0.4 is 5.32 Å². The Balaban J connectivity index is 1.80. The van der Waals surface area contributed by atoms with Crippen molar-refractivity contribution in [1.29, 1.82) is 0 Å². The van der Waals surface area contributed by atoms with Gasteiger partial charge in [-0.2, -0.15) is 0 Å². The molecule has 1 fully saturated rings. The molecule has 0 radical (unpaired) electrons. The lowest BCUT2D eigenvalue weighted by Crippen LogP contribution is -2.35. The fourth-order valence-corrected chi connectivity index (χ4v) is 3.33. The van der Waals surface area contributed by atoms with Crippen LogP contribution in [0.3, 0.4) is 0 Å². The average Bonchev–Trinajstić information content (AvgIpc) is 2.91. The molecule has 1 aliphatic rings. The molecule has 0 aliphatic heterocycles. The zero-order valence-corrected chi connectivity index (χ0v) is 14.0. The number of amides is 1. The Morgan fingerprint density at radius 2 is 1.92 bits per heavy atom. The zero-order chi connectivity index (χ0) is 16.9. The molecule has 1 aromatic heterocycles. The fraction of sp³-hybridized carbons (Fsp3) is 0.474. The molecule has 1 heterocycles. The normalized spacial score (nSPS) is 16.4. The van der Waals surface area contributed by atoms with Crippen molar-refractivity contribution in [2.75, 3.05) is 0 Å². The number of aryl methyl sites for hydroxylation is 1. The minimum absolute atomic E-state index is 0.182. The summed E-state index contributed by atoms with van der Waals surface area (Å²) in [4.78, 5) is 12.8. The predicted molar refractivity (Wildman–Crippen MR) is 90.2 cm³/mol. The van der Waals surface area contributed by atoms with Crippen LogP contribution in [0.25, 0.3) is 11.3 Å². The van der Waals surface area contributed by atoms with Crippen LogP contribution in [0.2, 0.25) is 0 Å². The molecule has 5 heteroatoms. The van der Waals surface area contributed by atoms with Crippen LogP contribution >= 0.6 is 0 Å². The second-order valence-corrected chi connectivity index (χ2v) is 6.49. The van der Waals surface area contributed by atoms with Gasteiger partial charge in [-0.15, -0.1) is 0 Å². The van der Waals surface area contributed by atoms with Crippen molar-refractivity contribution in [3.05, 3.63) is 41.4 Å². The molecule has 1 aliphatic carbocycles. The molecule has 0 unspecified atom stereocenters. The molecule has 0 spiro atoms. The summed E-state index contributed by atoms with van der Waals surface area (Å²) in [6.07, 6.45) is 8.04. The van der Waals surface area contributed by atoms with Crippen LogP contribution in [-0.2, 0) is 0 Å². The van der Waals surface area contributed by atoms with E-state index in [4.69, 9.17) is 4.52 Å². The average molecular weight is 330 g/mol. The molecule has 0 saturated heterocycles. The smallest absolute Gasteiger partial charge is 0.257 e. The van der Waals surface area contributed by atoms with Gasteiger partial charge in [-0.05, 0) is 31.9 Å². The quantitative estimate of drug-likeness (QED) is 0.892. The summed E-state index contributed by atoms with van der Waals surface area (Å²) < 4.78 is 18.7. The number of rotatable bonds is 3. The van der Waals surface area contributed by atoms with E-state index in [1.165, 1.54) is 31.4 Å². The van der Waals surface area contributed by atoms with Gasteiger partial charge in [0, 0.05) is 11.6 Å². The number of carbonyl (C=O) groups is 1. The Morgan fingerprint density at radius 3 is 2.62 bits per heavy atom. The molecule has 1 N–H and O–H groups in total. The summed E-state index contributed by atoms with van der Waals surface area (Å²) in [5, 5.41) is 7.09. The molecule has 3 rings (SSSR count). The first-order chi connectivity index (χ1) is 11.6. The van der Waals surface area contributed by atoms with Crippen molar-refractivity contribution in [3.8, 4) is 11.3 Å². The highest BCUT2D eigenvalue weighted by Crippen LogP contribution is 2.26. The Hall–Kier alpha value is -2.17. The summed E-state index contributed by atoms with van der Waals surface area (Å²) >= 11 is 0. The van der Waals surface area contributed by atoms with Crippen molar-refractivity contribution < 1.29 is 13.7 Å². The van der Waals surface area contributed by atoms with E-state index in [1.54, 1.807) is 19.1 Å². The molecule has 0 bridgehead atoms. The van der Waals surface area contributed by atoms with E-state index in [2.05, 4.69) is 10.5 Å². The number of halogens is 1. The van der Waals surface area contributed by atoms with Gasteiger partial charge in [-0.25, -0.2) is 4.39 Å². The lowest BCUT2D eigenvalue weighted by atomic mass is 9.96. The van der Waals surface area contributed by atoms with Gasteiger partial charge >= 0.3 is 0 Å². The third-order valence-electron chi connectivity index (χ3n) is 4.63. The van der Waals surface area contributed by atoms with Crippen LogP contribution in [0.5, 0.6) is 0 Å². The van der Waals surface area contributed by atoms with Crippen molar-refractivity contribution in [2.45, 2.75) is 57.9 Å². The molecule has 4 nitrogen and oxygen atoms in total. The molecule has 128 valence electrons. The first-order valence-electron chi connectivity index (χ1n) is 8.68. The van der Waals surface area contributed by atoms with Gasteiger partial charge in [0.15, 0.2) is 0 Å². The van der Waals surface area contributed by atoms with Crippen LogP contribution in [-0.4, -0.2) is 17.1 Å². The summed E-state index contributed by atoms with van der Waals surface area (Å²) in [6.45, 7) is 1.71. The molecule has 1 amide bonds. The number of aromatic nitrogens is 1. The Bertz CT molecular complexity index is 703. The zero-order valence-electron chi connectivity index (χ0n) is 14.0. The molecule has 0 atom stereocenters. The van der Waals surface area contributed by atoms with Gasteiger partial charge in [0.25, 0.3) is 5.91 Å². The third-order valence-corrected chi connectivity index (χ3v) is 4.63. The molecule has 1 aromatic carbocycles. The van der Waals surface area contributed by atoms with Gasteiger partial charge in [-0.3, -0.25) is 4.79 Å². The summed E-state index contributed by atoms with van der Waals surface area (Å²) in [5.41, 5.74) is 1.35. The second kappa shape index (κ2) is 7.60. The number of benzene rings is 1. The van der Waals surface area contributed by atoms with Crippen molar-refractivity contribution in [1.82, 2.24) is 10.5 Å². The van der Waals surface area contributed by atoms with Gasteiger partial charge in [0.05, 0.1) is 0 Å². The molecule has 24 heavy (non-hydrogen) atoms. The van der Waals surface area contributed by atoms with E-state index in [0.29, 0.717) is 22.6 Å². The highest BCUT2D eigenvalue weighted by molar-refractivity contribution is 6.00. The Kier molecular flexibility index (Phi) is 5.28. The van der Waals surface area contributed by atoms with E-state index in [0.717, 1.165) is 25.7 Å². The lowest BCUT2D eigenvalue weighted by molar-refractivity contribution is 0.0929. The first-order valence-corrected chi connectivity index (χ1v) is 8.68. The number of hydrogen-bond donors (Lipinski definition) is 1. The van der Waals surface area contributed by atoms with E-state index < -0.39 is 0 Å². The maximum Gasteiger partial charge on any atom is 0.257 e. The first kappa shape index (κ1) is 16.7. The maximum atomic E-state index is 13.5. The molecule has 2 aromatic rings. The fourth-order valence-electron chi connectivity index (χ4n) is 3.33. The Labute approximate surface area is 141 Å². The van der Waals surface area contributed by atoms with Crippen LogP contribution in [0.4, 0.5) is 4.39 Å². The highest BCUT2D eigenvalue weighted by atomic mass is 19.1. The molecular weight excluding hydrogens is 307 g/mol. The van der Waals surface area contributed by atoms with Gasteiger partial charge in [0.2, 0.25) is 0 Å². The molecule has 1 saturated carbocycles. The summed E-state index contributed by atoms with van der Waals surface area (Å²) in [6, 6.07) is 6.25. The van der Waals surface area contributed by atoms with Crippen LogP contribution in [0.1, 0.15) is 61.1 Å². The Morgan fingerprint density at radius 1 is 1.21 bits per heavy atom. The SMILES string of the molecule is Cc1onc(-c2cccc(F)c2)c1C(=O)NC1CCCCCCC1. The van der Waals surface area contributed by atoms with Crippen molar-refractivity contribution in [3.63, 3.8) is 0 Å². The minimum atomic E-state index is -0.362. The maximum absolute atomic E-state index is 13.5. The predicted octanol–water partition coefficient (Wildman–Crippen LogP) is 4.63. The number of carbonyl (C=O) groups excluding carboxylic acids is 1. The van der Waals surface area contributed by atoms with Crippen LogP contribution in [0, 0.1) is 12.7 Å². The van der Waals surface area contributed by atoms with E-state index in [-0.39, 0.29) is 17.8 Å². The van der Waals surface area contributed by atoms with Crippen molar-refractivity contribution >= 4 is 5.91 Å². The highest BCUT2D eigenvalue weighted by Gasteiger charge is 2.24. The second-order valence-electron chi connectivity index (χ2n) is 6.49. The molecular formula is C19H23FN2O2. The van der Waals surface area contributed by atoms with Gasteiger partial charge in [-0.1, -0.05) is 49.4 Å². The standard InChI is InChI=1S/C19H23FN2O2/c1-13-17(18(22-24-13)14-8-7-9-15(20)12-14)19(23)21-16-10-5-3-2-4-6-11-16/h7-9,12,16H,2-6,10-11H2,1H3,(H,21,23). The van der Waals surface area contributed by atoms with Crippen LogP contribution in [0.15, 0.2) is 28.8 Å². The minimum Gasteiger partial charge on any atom is -0.360 e. The number of nitrogens with one attached hydrogen (secondary N) is 1. The van der Waals surface area contributed by atoms with E-state index in [9.17, 15) is 9.18 Å². The van der Waals surface area contributed by atoms with Crippen molar-refractivity contribution in [2.24, 2.45) is 0 Å². The van der Waals surface area contributed by atoms with E-state index >= 15 is 0 Å². The largest absolute Gasteiger partial charge is 0.360 e.